The van der Waals surface area contributed by atoms with Gasteiger partial charge < -0.3 is 9.80 Å². The molecule has 7 heteroatoms. The number of alkyl halides is 3. The van der Waals surface area contributed by atoms with E-state index in [1.165, 1.54) is 31.4 Å². The average Bonchev–Trinajstić information content (AvgIpc) is 3.42. The molecule has 3 aliphatic heterocycles. The molecule has 0 N–H and O–H groups in total. The quantitative estimate of drug-likeness (QED) is 0.619. The Balaban J connectivity index is 1.30. The zero-order valence-corrected chi connectivity index (χ0v) is 19.6. The van der Waals surface area contributed by atoms with E-state index in [1.807, 2.05) is 4.90 Å². The molecule has 0 aromatic heterocycles. The minimum atomic E-state index is -4.34. The molecule has 3 saturated heterocycles. The number of likely N-dealkylation sites (tertiary alicyclic amines) is 2. The third kappa shape index (κ3) is 4.75. The van der Waals surface area contributed by atoms with E-state index in [-0.39, 0.29) is 17.7 Å². The maximum absolute atomic E-state index is 13.5. The Morgan fingerprint density at radius 3 is 2.36 bits per heavy atom. The van der Waals surface area contributed by atoms with Crippen molar-refractivity contribution in [1.29, 1.82) is 0 Å². The highest BCUT2D eigenvalue weighted by molar-refractivity contribution is 5.80. The van der Waals surface area contributed by atoms with Crippen molar-refractivity contribution in [2.75, 3.05) is 44.2 Å². The minimum absolute atomic E-state index is 0.0833. The number of piperidine rings is 1. The molecule has 1 saturated carbocycles. The number of carbonyl (C=O) groups excluding carboxylic acids is 1. The summed E-state index contributed by atoms with van der Waals surface area (Å²) < 4.78 is 40.5. The summed E-state index contributed by atoms with van der Waals surface area (Å²) >= 11 is 0. The van der Waals surface area contributed by atoms with Gasteiger partial charge in [-0.05, 0) is 68.7 Å². The molecular formula is C26H36F3N3O. The molecule has 4 nitrogen and oxygen atoms in total. The van der Waals surface area contributed by atoms with Crippen molar-refractivity contribution >= 4 is 11.6 Å². The van der Waals surface area contributed by atoms with Crippen LogP contribution in [0.3, 0.4) is 0 Å². The van der Waals surface area contributed by atoms with Gasteiger partial charge >= 0.3 is 6.18 Å². The van der Waals surface area contributed by atoms with Crippen LogP contribution in [0.4, 0.5) is 18.9 Å². The normalized spacial score (nSPS) is 27.9. The van der Waals surface area contributed by atoms with Crippen LogP contribution in [0.5, 0.6) is 0 Å². The fourth-order valence-corrected chi connectivity index (χ4v) is 6.13. The van der Waals surface area contributed by atoms with Gasteiger partial charge in [0.1, 0.15) is 0 Å². The van der Waals surface area contributed by atoms with Gasteiger partial charge in [-0.3, -0.25) is 9.69 Å². The van der Waals surface area contributed by atoms with Gasteiger partial charge in [-0.25, -0.2) is 0 Å². The number of anilines is 1. The van der Waals surface area contributed by atoms with Gasteiger partial charge in [0.25, 0.3) is 0 Å². The zero-order chi connectivity index (χ0) is 23.2. The van der Waals surface area contributed by atoms with Gasteiger partial charge in [-0.15, -0.1) is 0 Å². The van der Waals surface area contributed by atoms with E-state index >= 15 is 0 Å². The summed E-state index contributed by atoms with van der Waals surface area (Å²) in [6.45, 7) is 7.03. The summed E-state index contributed by atoms with van der Waals surface area (Å²) in [5.74, 6) is 1.05. The molecule has 0 spiro atoms. The maximum atomic E-state index is 13.5. The van der Waals surface area contributed by atoms with Crippen LogP contribution in [-0.4, -0.2) is 61.0 Å². The molecule has 2 unspecified atom stereocenters. The maximum Gasteiger partial charge on any atom is 0.416 e. The number of amides is 1. The summed E-state index contributed by atoms with van der Waals surface area (Å²) in [5, 5.41) is 0. The molecule has 4 aliphatic rings. The second-order valence-corrected chi connectivity index (χ2v) is 10.8. The fraction of sp³-hybridized carbons (Fsp3) is 0.731. The Labute approximate surface area is 195 Å². The molecule has 3 heterocycles. The van der Waals surface area contributed by atoms with Crippen LogP contribution in [0.25, 0.3) is 0 Å². The average molecular weight is 464 g/mol. The van der Waals surface area contributed by atoms with Gasteiger partial charge in [0.15, 0.2) is 0 Å². The van der Waals surface area contributed by atoms with Crippen LogP contribution >= 0.6 is 0 Å². The first-order valence-electron chi connectivity index (χ1n) is 12.8. The lowest BCUT2D eigenvalue weighted by Gasteiger charge is -2.35. The number of hydrogen-bond acceptors (Lipinski definition) is 3. The molecule has 5 rings (SSSR count). The number of rotatable bonds is 4. The van der Waals surface area contributed by atoms with E-state index in [1.54, 1.807) is 6.07 Å². The van der Waals surface area contributed by atoms with Crippen molar-refractivity contribution in [3.05, 3.63) is 29.3 Å². The van der Waals surface area contributed by atoms with Gasteiger partial charge in [0, 0.05) is 50.4 Å². The third-order valence-electron chi connectivity index (χ3n) is 8.58. The summed E-state index contributed by atoms with van der Waals surface area (Å²) in [6.07, 6.45) is 3.26. The number of benzene rings is 1. The Morgan fingerprint density at radius 1 is 0.939 bits per heavy atom. The SMILES string of the molecule is CC1CCN(c2cc(C(F)(F)F)ccc2C2CCN(C(=O)C3CCN(C4CCC4)C3)C2)CC1. The largest absolute Gasteiger partial charge is 0.416 e. The molecule has 182 valence electrons. The van der Waals surface area contributed by atoms with Crippen LogP contribution in [0, 0.1) is 11.8 Å². The Kier molecular flexibility index (Phi) is 6.36. The molecule has 1 aromatic rings. The standard InChI is InChI=1S/C26H36F3N3O/c1-18-7-11-30(12-8-18)24-15-21(26(27,28)29)5-6-23(24)19-9-14-32(16-19)25(33)20-10-13-31(17-20)22-3-2-4-22/h5-6,15,18-20,22H,2-4,7-14,16-17H2,1H3. The molecule has 2 atom stereocenters. The zero-order valence-electron chi connectivity index (χ0n) is 19.6. The highest BCUT2D eigenvalue weighted by Crippen LogP contribution is 2.40. The number of carbonyl (C=O) groups is 1. The lowest BCUT2D eigenvalue weighted by molar-refractivity contribution is -0.137. The fourth-order valence-electron chi connectivity index (χ4n) is 6.13. The Bertz CT molecular complexity index is 861. The van der Waals surface area contributed by atoms with Crippen molar-refractivity contribution in [1.82, 2.24) is 9.80 Å². The first-order chi connectivity index (χ1) is 15.8. The smallest absolute Gasteiger partial charge is 0.371 e. The van der Waals surface area contributed by atoms with Crippen molar-refractivity contribution in [2.24, 2.45) is 11.8 Å². The predicted octanol–water partition coefficient (Wildman–Crippen LogP) is 5.13. The monoisotopic (exact) mass is 463 g/mol. The van der Waals surface area contributed by atoms with E-state index in [2.05, 4.69) is 16.7 Å². The summed E-state index contributed by atoms with van der Waals surface area (Å²) in [6, 6.07) is 4.94. The van der Waals surface area contributed by atoms with Gasteiger partial charge in [-0.2, -0.15) is 13.2 Å². The molecule has 0 bridgehead atoms. The van der Waals surface area contributed by atoms with Gasteiger partial charge in [0.2, 0.25) is 5.91 Å². The molecule has 33 heavy (non-hydrogen) atoms. The van der Waals surface area contributed by atoms with E-state index < -0.39 is 11.7 Å². The van der Waals surface area contributed by atoms with Crippen LogP contribution < -0.4 is 4.90 Å². The van der Waals surface area contributed by atoms with Crippen LogP contribution in [0.1, 0.15) is 68.9 Å². The summed E-state index contributed by atoms with van der Waals surface area (Å²) in [5.41, 5.74) is 1.14. The third-order valence-corrected chi connectivity index (χ3v) is 8.58. The predicted molar refractivity (Wildman–Crippen MR) is 123 cm³/mol. The second-order valence-electron chi connectivity index (χ2n) is 10.8. The number of hydrogen-bond donors (Lipinski definition) is 0. The summed E-state index contributed by atoms with van der Waals surface area (Å²) in [4.78, 5) is 19.9. The van der Waals surface area contributed by atoms with Crippen molar-refractivity contribution in [3.63, 3.8) is 0 Å². The Hall–Kier alpha value is -1.76. The van der Waals surface area contributed by atoms with E-state index in [0.717, 1.165) is 63.1 Å². The second kappa shape index (κ2) is 9.12. The lowest BCUT2D eigenvalue weighted by atomic mass is 9.92. The molecule has 1 aromatic carbocycles. The number of halogens is 3. The van der Waals surface area contributed by atoms with Crippen molar-refractivity contribution in [3.8, 4) is 0 Å². The van der Waals surface area contributed by atoms with Crippen LogP contribution in [-0.2, 0) is 11.0 Å². The Morgan fingerprint density at radius 2 is 1.70 bits per heavy atom. The topological polar surface area (TPSA) is 26.8 Å². The molecule has 0 radical (unpaired) electrons. The van der Waals surface area contributed by atoms with Crippen molar-refractivity contribution in [2.45, 2.75) is 70.0 Å². The first-order valence-corrected chi connectivity index (χ1v) is 12.8. The van der Waals surface area contributed by atoms with E-state index in [9.17, 15) is 18.0 Å². The van der Waals surface area contributed by atoms with Crippen LogP contribution in [0.2, 0.25) is 0 Å². The highest BCUT2D eigenvalue weighted by atomic mass is 19.4. The molecule has 1 amide bonds. The minimum Gasteiger partial charge on any atom is -0.371 e. The number of nitrogens with zero attached hydrogens (tertiary/aromatic N) is 3. The van der Waals surface area contributed by atoms with Gasteiger partial charge in [0.05, 0.1) is 11.5 Å². The van der Waals surface area contributed by atoms with E-state index in [0.29, 0.717) is 25.0 Å². The van der Waals surface area contributed by atoms with Gasteiger partial charge in [-0.1, -0.05) is 19.4 Å². The molecular weight excluding hydrogens is 427 g/mol. The van der Waals surface area contributed by atoms with E-state index in [4.69, 9.17) is 0 Å². The molecule has 4 fully saturated rings. The first kappa shape index (κ1) is 23.0. The highest BCUT2D eigenvalue weighted by Gasteiger charge is 2.39. The summed E-state index contributed by atoms with van der Waals surface area (Å²) in [7, 11) is 0. The van der Waals surface area contributed by atoms with Crippen LogP contribution in [0.15, 0.2) is 18.2 Å². The lowest BCUT2D eigenvalue weighted by Crippen LogP contribution is -2.40. The van der Waals surface area contributed by atoms with Crippen molar-refractivity contribution < 1.29 is 18.0 Å². The molecule has 1 aliphatic carbocycles.